The van der Waals surface area contributed by atoms with Crippen molar-refractivity contribution < 1.29 is 9.90 Å². The first-order chi connectivity index (χ1) is 7.31. The van der Waals surface area contributed by atoms with E-state index in [2.05, 4.69) is 5.32 Å². The van der Waals surface area contributed by atoms with Crippen LogP contribution >= 0.6 is 0 Å². The van der Waals surface area contributed by atoms with Gasteiger partial charge in [0.1, 0.15) is 0 Å². The van der Waals surface area contributed by atoms with Crippen molar-refractivity contribution in [3.63, 3.8) is 0 Å². The highest BCUT2D eigenvalue weighted by Gasteiger charge is 2.33. The molecule has 0 aromatic carbocycles. The summed E-state index contributed by atoms with van der Waals surface area (Å²) in [5.41, 5.74) is 0. The van der Waals surface area contributed by atoms with Crippen molar-refractivity contribution in [3.8, 4) is 0 Å². The normalized spacial score (nSPS) is 25.5. The molecule has 86 valence electrons. The second-order valence-electron chi connectivity index (χ2n) is 4.54. The predicted octanol–water partition coefficient (Wildman–Crippen LogP) is 0.112. The van der Waals surface area contributed by atoms with Gasteiger partial charge >= 0.3 is 0 Å². The third-order valence-electron chi connectivity index (χ3n) is 3.23. The Bertz CT molecular complexity index is 223. The standard InChI is InChI=1S/C11H20N2O2/c14-7-6-13(10-3-4-10)11(15)8-9-2-1-5-12-9/h9-10,12,14H,1-8H2. The lowest BCUT2D eigenvalue weighted by Gasteiger charge is -2.23. The monoisotopic (exact) mass is 212 g/mol. The number of aliphatic hydroxyl groups excluding tert-OH is 1. The molecular formula is C11H20N2O2. The van der Waals surface area contributed by atoms with Crippen LogP contribution in [0.4, 0.5) is 0 Å². The number of hydrogen-bond acceptors (Lipinski definition) is 3. The van der Waals surface area contributed by atoms with Gasteiger partial charge in [-0.2, -0.15) is 0 Å². The van der Waals surface area contributed by atoms with Gasteiger partial charge in [-0.25, -0.2) is 0 Å². The van der Waals surface area contributed by atoms with E-state index in [1.165, 1.54) is 6.42 Å². The molecule has 0 radical (unpaired) electrons. The summed E-state index contributed by atoms with van der Waals surface area (Å²) in [7, 11) is 0. The number of amides is 1. The molecule has 2 N–H and O–H groups in total. The number of carbonyl (C=O) groups excluding carboxylic acids is 1. The van der Waals surface area contributed by atoms with Crippen LogP contribution in [0.25, 0.3) is 0 Å². The number of nitrogens with zero attached hydrogens (tertiary/aromatic N) is 1. The van der Waals surface area contributed by atoms with Gasteiger partial charge in [0.15, 0.2) is 0 Å². The highest BCUT2D eigenvalue weighted by Crippen LogP contribution is 2.27. The summed E-state index contributed by atoms with van der Waals surface area (Å²) < 4.78 is 0. The Labute approximate surface area is 90.6 Å². The van der Waals surface area contributed by atoms with E-state index >= 15 is 0 Å². The van der Waals surface area contributed by atoms with E-state index in [-0.39, 0.29) is 12.5 Å². The molecule has 0 aromatic rings. The third-order valence-corrected chi connectivity index (χ3v) is 3.23. The van der Waals surface area contributed by atoms with Crippen molar-refractivity contribution in [2.45, 2.75) is 44.2 Å². The highest BCUT2D eigenvalue weighted by molar-refractivity contribution is 5.77. The Morgan fingerprint density at radius 2 is 2.20 bits per heavy atom. The van der Waals surface area contributed by atoms with Crippen LogP contribution in [0.1, 0.15) is 32.1 Å². The van der Waals surface area contributed by atoms with Gasteiger partial charge in [0.05, 0.1) is 6.61 Å². The molecule has 2 rings (SSSR count). The lowest BCUT2D eigenvalue weighted by Crippen LogP contribution is -2.39. The zero-order valence-corrected chi connectivity index (χ0v) is 9.11. The summed E-state index contributed by atoms with van der Waals surface area (Å²) in [6.07, 6.45) is 5.13. The van der Waals surface area contributed by atoms with E-state index in [9.17, 15) is 4.79 Å². The van der Waals surface area contributed by atoms with Crippen LogP contribution in [0.5, 0.6) is 0 Å². The van der Waals surface area contributed by atoms with Crippen molar-refractivity contribution in [3.05, 3.63) is 0 Å². The molecule has 4 heteroatoms. The van der Waals surface area contributed by atoms with Crippen LogP contribution in [0, 0.1) is 0 Å². The Hall–Kier alpha value is -0.610. The van der Waals surface area contributed by atoms with Gasteiger partial charge in [-0.05, 0) is 32.2 Å². The van der Waals surface area contributed by atoms with Crippen molar-refractivity contribution in [1.82, 2.24) is 10.2 Å². The number of hydrogen-bond donors (Lipinski definition) is 2. The van der Waals surface area contributed by atoms with Crippen molar-refractivity contribution in [1.29, 1.82) is 0 Å². The zero-order valence-electron chi connectivity index (χ0n) is 9.11. The van der Waals surface area contributed by atoms with Gasteiger partial charge < -0.3 is 15.3 Å². The SMILES string of the molecule is O=C(CC1CCCN1)N(CCO)C1CC1. The first-order valence-corrected chi connectivity index (χ1v) is 5.95. The summed E-state index contributed by atoms with van der Waals surface area (Å²) in [6.45, 7) is 1.64. The summed E-state index contributed by atoms with van der Waals surface area (Å²) in [4.78, 5) is 13.8. The fourth-order valence-corrected chi connectivity index (χ4v) is 2.26. The molecule has 0 aromatic heterocycles. The van der Waals surface area contributed by atoms with Gasteiger partial charge in [0.25, 0.3) is 0 Å². The molecule has 15 heavy (non-hydrogen) atoms. The Balaban J connectivity index is 1.80. The Morgan fingerprint density at radius 1 is 1.40 bits per heavy atom. The molecule has 0 spiro atoms. The zero-order chi connectivity index (χ0) is 10.7. The summed E-state index contributed by atoms with van der Waals surface area (Å²) in [5, 5.41) is 12.2. The van der Waals surface area contributed by atoms with Crippen LogP contribution in [-0.2, 0) is 4.79 Å². The van der Waals surface area contributed by atoms with E-state index in [0.29, 0.717) is 25.0 Å². The van der Waals surface area contributed by atoms with Crippen LogP contribution in [0.15, 0.2) is 0 Å². The fraction of sp³-hybridized carbons (Fsp3) is 0.909. The fourth-order valence-electron chi connectivity index (χ4n) is 2.26. The summed E-state index contributed by atoms with van der Waals surface area (Å²) in [6, 6.07) is 0.795. The smallest absolute Gasteiger partial charge is 0.224 e. The molecule has 2 aliphatic rings. The van der Waals surface area contributed by atoms with Crippen molar-refractivity contribution in [2.24, 2.45) is 0 Å². The average Bonchev–Trinajstić information content (AvgIpc) is 2.93. The molecule has 0 bridgehead atoms. The second kappa shape index (κ2) is 4.94. The maximum Gasteiger partial charge on any atom is 0.224 e. The molecule has 1 saturated carbocycles. The van der Waals surface area contributed by atoms with Gasteiger partial charge in [0, 0.05) is 25.0 Å². The largest absolute Gasteiger partial charge is 0.395 e. The minimum Gasteiger partial charge on any atom is -0.395 e. The lowest BCUT2D eigenvalue weighted by atomic mass is 10.1. The molecular weight excluding hydrogens is 192 g/mol. The van der Waals surface area contributed by atoms with E-state index in [4.69, 9.17) is 5.11 Å². The van der Waals surface area contributed by atoms with Gasteiger partial charge in [0.2, 0.25) is 5.91 Å². The number of rotatable bonds is 5. The molecule has 4 nitrogen and oxygen atoms in total. The number of carbonyl (C=O) groups is 1. The quantitative estimate of drug-likeness (QED) is 0.680. The molecule has 1 aliphatic carbocycles. The number of nitrogens with one attached hydrogen (secondary N) is 1. The summed E-state index contributed by atoms with van der Waals surface area (Å²) in [5.74, 6) is 0.214. The molecule has 1 atom stereocenters. The van der Waals surface area contributed by atoms with Crippen LogP contribution in [-0.4, -0.2) is 47.7 Å². The summed E-state index contributed by atoms with van der Waals surface area (Å²) >= 11 is 0. The highest BCUT2D eigenvalue weighted by atomic mass is 16.3. The van der Waals surface area contributed by atoms with E-state index in [0.717, 1.165) is 25.8 Å². The van der Waals surface area contributed by atoms with E-state index < -0.39 is 0 Å². The van der Waals surface area contributed by atoms with Gasteiger partial charge in [-0.15, -0.1) is 0 Å². The van der Waals surface area contributed by atoms with Crippen LogP contribution in [0.3, 0.4) is 0 Å². The van der Waals surface area contributed by atoms with Crippen LogP contribution < -0.4 is 5.32 Å². The first kappa shape index (κ1) is 10.9. The van der Waals surface area contributed by atoms with Gasteiger partial charge in [-0.3, -0.25) is 4.79 Å². The Morgan fingerprint density at radius 3 is 2.73 bits per heavy atom. The molecule has 2 fully saturated rings. The first-order valence-electron chi connectivity index (χ1n) is 5.95. The Kier molecular flexibility index (Phi) is 3.59. The number of aliphatic hydroxyl groups is 1. The molecule has 1 aliphatic heterocycles. The van der Waals surface area contributed by atoms with Crippen LogP contribution in [0.2, 0.25) is 0 Å². The minimum absolute atomic E-state index is 0.0837. The maximum absolute atomic E-state index is 11.9. The molecule has 1 saturated heterocycles. The third kappa shape index (κ3) is 2.92. The average molecular weight is 212 g/mol. The second-order valence-corrected chi connectivity index (χ2v) is 4.54. The lowest BCUT2D eigenvalue weighted by molar-refractivity contribution is -0.132. The minimum atomic E-state index is 0.0837. The van der Waals surface area contributed by atoms with E-state index in [1.807, 2.05) is 4.90 Å². The molecule has 1 amide bonds. The maximum atomic E-state index is 11.9. The predicted molar refractivity (Wildman–Crippen MR) is 57.5 cm³/mol. The molecule has 1 unspecified atom stereocenters. The van der Waals surface area contributed by atoms with Crippen molar-refractivity contribution in [2.75, 3.05) is 19.7 Å². The van der Waals surface area contributed by atoms with Gasteiger partial charge in [-0.1, -0.05) is 0 Å². The molecule has 1 heterocycles. The van der Waals surface area contributed by atoms with E-state index in [1.54, 1.807) is 0 Å². The van der Waals surface area contributed by atoms with Crippen molar-refractivity contribution >= 4 is 5.91 Å². The topological polar surface area (TPSA) is 52.6 Å².